The smallest absolute Gasteiger partial charge is 0.101 e. The lowest BCUT2D eigenvalue weighted by molar-refractivity contribution is 1.17. The number of rotatable bonds is 4. The summed E-state index contributed by atoms with van der Waals surface area (Å²) >= 11 is 0. The first-order valence-corrected chi connectivity index (χ1v) is 15.9. The minimum Gasteiger partial charge on any atom is -0.309 e. The van der Waals surface area contributed by atoms with Gasteiger partial charge in [-0.2, -0.15) is 10.5 Å². The molecule has 0 N–H and O–H groups in total. The molecule has 0 spiro atoms. The molecule has 9 aromatic rings. The van der Waals surface area contributed by atoms with Crippen LogP contribution >= 0.6 is 0 Å². The molecule has 0 aliphatic carbocycles. The molecular formula is C44H26N4. The Morgan fingerprint density at radius 3 is 1.42 bits per heavy atom. The van der Waals surface area contributed by atoms with Gasteiger partial charge in [0.1, 0.15) is 6.07 Å². The van der Waals surface area contributed by atoms with E-state index in [-0.39, 0.29) is 0 Å². The largest absolute Gasteiger partial charge is 0.309 e. The van der Waals surface area contributed by atoms with Gasteiger partial charge in [-0.05, 0) is 65.2 Å². The zero-order valence-electron chi connectivity index (χ0n) is 25.8. The lowest BCUT2D eigenvalue weighted by atomic mass is 9.96. The second-order valence-electron chi connectivity index (χ2n) is 12.0. The van der Waals surface area contributed by atoms with Gasteiger partial charge in [-0.15, -0.1) is 0 Å². The molecule has 9 rings (SSSR count). The van der Waals surface area contributed by atoms with Gasteiger partial charge in [0.2, 0.25) is 0 Å². The summed E-state index contributed by atoms with van der Waals surface area (Å²) in [5.41, 5.74) is 11.3. The van der Waals surface area contributed by atoms with E-state index in [9.17, 15) is 10.5 Å². The van der Waals surface area contributed by atoms with Crippen molar-refractivity contribution in [2.24, 2.45) is 0 Å². The first kappa shape index (κ1) is 27.4. The van der Waals surface area contributed by atoms with Crippen LogP contribution in [-0.4, -0.2) is 9.13 Å². The first-order valence-electron chi connectivity index (χ1n) is 15.9. The van der Waals surface area contributed by atoms with Gasteiger partial charge in [0, 0.05) is 32.8 Å². The van der Waals surface area contributed by atoms with Gasteiger partial charge in [0.05, 0.1) is 45.0 Å². The number of nitrogens with zero attached hydrogens (tertiary/aromatic N) is 4. The zero-order chi connectivity index (χ0) is 32.2. The fourth-order valence-electron chi connectivity index (χ4n) is 7.29. The van der Waals surface area contributed by atoms with Crippen LogP contribution in [0.2, 0.25) is 0 Å². The molecule has 0 atom stereocenters. The summed E-state index contributed by atoms with van der Waals surface area (Å²) < 4.78 is 4.47. The molecule has 4 heteroatoms. The lowest BCUT2D eigenvalue weighted by Crippen LogP contribution is -2.00. The van der Waals surface area contributed by atoms with E-state index in [0.717, 1.165) is 66.5 Å². The molecule has 0 unspecified atom stereocenters. The van der Waals surface area contributed by atoms with Crippen LogP contribution < -0.4 is 0 Å². The van der Waals surface area contributed by atoms with Crippen molar-refractivity contribution in [1.29, 1.82) is 10.5 Å². The summed E-state index contributed by atoms with van der Waals surface area (Å²) in [4.78, 5) is 0. The topological polar surface area (TPSA) is 57.4 Å². The SMILES string of the molecule is N#Cc1cc(-c2ccc(-c3cccc(C#N)c3-n3c4ccccc4c4ccccc43)cc2)cc(-n2c3ccccc3c3ccccc32)c1. The van der Waals surface area contributed by atoms with E-state index >= 15 is 0 Å². The van der Waals surface area contributed by atoms with Crippen LogP contribution in [0.15, 0.2) is 158 Å². The normalized spacial score (nSPS) is 11.3. The van der Waals surface area contributed by atoms with Crippen molar-refractivity contribution in [2.45, 2.75) is 0 Å². The van der Waals surface area contributed by atoms with Crippen LogP contribution in [0.3, 0.4) is 0 Å². The van der Waals surface area contributed by atoms with E-state index in [0.29, 0.717) is 11.1 Å². The summed E-state index contributed by atoms with van der Waals surface area (Å²) in [5, 5.41) is 25.1. The molecule has 0 saturated heterocycles. The number of nitriles is 2. The molecular weight excluding hydrogens is 585 g/mol. The molecule has 0 aliphatic heterocycles. The molecule has 0 bridgehead atoms. The molecule has 7 aromatic carbocycles. The van der Waals surface area contributed by atoms with Gasteiger partial charge in [0.25, 0.3) is 0 Å². The number of aromatic nitrogens is 2. The van der Waals surface area contributed by atoms with E-state index in [1.807, 2.05) is 36.4 Å². The molecule has 2 aromatic heterocycles. The Morgan fingerprint density at radius 1 is 0.396 bits per heavy atom. The molecule has 0 aliphatic rings. The van der Waals surface area contributed by atoms with Crippen molar-refractivity contribution < 1.29 is 0 Å². The Balaban J connectivity index is 1.20. The maximum atomic E-state index is 10.3. The van der Waals surface area contributed by atoms with Crippen molar-refractivity contribution in [2.75, 3.05) is 0 Å². The van der Waals surface area contributed by atoms with Gasteiger partial charge >= 0.3 is 0 Å². The summed E-state index contributed by atoms with van der Waals surface area (Å²) in [6, 6.07) is 58.8. The first-order chi connectivity index (χ1) is 23.7. The molecule has 0 fully saturated rings. The van der Waals surface area contributed by atoms with Gasteiger partial charge < -0.3 is 9.13 Å². The Labute approximate surface area is 277 Å². The summed E-state index contributed by atoms with van der Waals surface area (Å²) in [5.74, 6) is 0. The maximum absolute atomic E-state index is 10.3. The third-order valence-corrected chi connectivity index (χ3v) is 9.37. The maximum Gasteiger partial charge on any atom is 0.101 e. The number of para-hydroxylation sites is 5. The Bertz CT molecular complexity index is 2690. The van der Waals surface area contributed by atoms with Crippen LogP contribution in [0, 0.1) is 22.7 Å². The Hall–Kier alpha value is -6.88. The molecule has 4 nitrogen and oxygen atoms in total. The molecule has 222 valence electrons. The standard InChI is InChI=1S/C44H26N4/c45-27-29-24-33(26-34(25-29)47-40-16-5-1-11-36(40)37-12-2-6-17-41(37)47)30-20-22-31(23-21-30)35-15-9-10-32(28-46)44(35)48-42-18-7-3-13-38(42)39-14-4-8-19-43(39)48/h1-26H. The highest BCUT2D eigenvalue weighted by Crippen LogP contribution is 2.39. The predicted molar refractivity (Wildman–Crippen MR) is 195 cm³/mol. The minimum atomic E-state index is 0.601. The number of benzene rings is 7. The van der Waals surface area contributed by atoms with Crippen molar-refractivity contribution in [3.05, 3.63) is 169 Å². The fraction of sp³-hybridized carbons (Fsp3) is 0. The van der Waals surface area contributed by atoms with Crippen LogP contribution in [0.1, 0.15) is 11.1 Å². The minimum absolute atomic E-state index is 0.601. The van der Waals surface area contributed by atoms with Crippen molar-refractivity contribution in [3.8, 4) is 45.8 Å². The summed E-state index contributed by atoms with van der Waals surface area (Å²) in [6.07, 6.45) is 0. The summed E-state index contributed by atoms with van der Waals surface area (Å²) in [6.45, 7) is 0. The van der Waals surface area contributed by atoms with Gasteiger partial charge in [-0.1, -0.05) is 109 Å². The third-order valence-electron chi connectivity index (χ3n) is 9.37. The summed E-state index contributed by atoms with van der Waals surface area (Å²) in [7, 11) is 0. The molecule has 48 heavy (non-hydrogen) atoms. The Morgan fingerprint density at radius 2 is 0.896 bits per heavy atom. The predicted octanol–water partition coefficient (Wildman–Crippen LogP) is 11.0. The van der Waals surface area contributed by atoms with E-state index in [2.05, 4.69) is 143 Å². The van der Waals surface area contributed by atoms with Crippen LogP contribution in [0.4, 0.5) is 0 Å². The number of fused-ring (bicyclic) bond motifs is 6. The van der Waals surface area contributed by atoms with E-state index in [1.165, 1.54) is 10.8 Å². The number of hydrogen-bond donors (Lipinski definition) is 0. The highest BCUT2D eigenvalue weighted by molar-refractivity contribution is 6.10. The fourth-order valence-corrected chi connectivity index (χ4v) is 7.29. The highest BCUT2D eigenvalue weighted by Gasteiger charge is 2.19. The second kappa shape index (κ2) is 10.9. The highest BCUT2D eigenvalue weighted by atomic mass is 15.0. The van der Waals surface area contributed by atoms with Crippen molar-refractivity contribution in [3.63, 3.8) is 0 Å². The van der Waals surface area contributed by atoms with Crippen molar-refractivity contribution >= 4 is 43.6 Å². The Kier molecular flexibility index (Phi) is 6.22. The lowest BCUT2D eigenvalue weighted by Gasteiger charge is -2.16. The van der Waals surface area contributed by atoms with Gasteiger partial charge in [-0.3, -0.25) is 0 Å². The third kappa shape index (κ3) is 4.14. The second-order valence-corrected chi connectivity index (χ2v) is 12.0. The van der Waals surface area contributed by atoms with Crippen LogP contribution in [-0.2, 0) is 0 Å². The van der Waals surface area contributed by atoms with E-state index < -0.39 is 0 Å². The zero-order valence-corrected chi connectivity index (χ0v) is 25.8. The van der Waals surface area contributed by atoms with Gasteiger partial charge in [0.15, 0.2) is 0 Å². The molecule has 2 heterocycles. The van der Waals surface area contributed by atoms with Crippen LogP contribution in [0.25, 0.3) is 77.2 Å². The molecule has 0 radical (unpaired) electrons. The number of hydrogen-bond acceptors (Lipinski definition) is 2. The molecule has 0 amide bonds. The quantitative estimate of drug-likeness (QED) is 0.199. The van der Waals surface area contributed by atoms with Crippen molar-refractivity contribution in [1.82, 2.24) is 9.13 Å². The average molecular weight is 611 g/mol. The van der Waals surface area contributed by atoms with E-state index in [4.69, 9.17) is 0 Å². The molecule has 0 saturated carbocycles. The van der Waals surface area contributed by atoms with E-state index in [1.54, 1.807) is 0 Å². The monoisotopic (exact) mass is 610 g/mol. The average Bonchev–Trinajstić information content (AvgIpc) is 3.67. The van der Waals surface area contributed by atoms with Crippen LogP contribution in [0.5, 0.6) is 0 Å². The van der Waals surface area contributed by atoms with Gasteiger partial charge in [-0.25, -0.2) is 0 Å².